The lowest BCUT2D eigenvalue weighted by molar-refractivity contribution is 0.120. The molecule has 0 aromatic heterocycles. The fourth-order valence-electron chi connectivity index (χ4n) is 3.06. The minimum absolute atomic E-state index is 0.557. The minimum atomic E-state index is 0.557. The number of rotatable bonds is 2. The van der Waals surface area contributed by atoms with E-state index in [1.165, 1.54) is 38.6 Å². The van der Waals surface area contributed by atoms with Crippen LogP contribution in [0.2, 0.25) is 0 Å². The molecule has 2 atom stereocenters. The quantitative estimate of drug-likeness (QED) is 0.661. The second kappa shape index (κ2) is 4.31. The van der Waals surface area contributed by atoms with E-state index >= 15 is 0 Å². The fourth-order valence-corrected chi connectivity index (χ4v) is 3.06. The third-order valence-corrected chi connectivity index (χ3v) is 3.88. The lowest BCUT2D eigenvalue weighted by atomic mass is 9.66. The molecule has 1 aliphatic carbocycles. The van der Waals surface area contributed by atoms with Crippen molar-refractivity contribution in [2.75, 3.05) is 6.54 Å². The van der Waals surface area contributed by atoms with Gasteiger partial charge in [-0.25, -0.2) is 0 Å². The van der Waals surface area contributed by atoms with Crippen LogP contribution >= 0.6 is 0 Å². The van der Waals surface area contributed by atoms with Crippen molar-refractivity contribution in [3.8, 4) is 0 Å². The zero-order valence-corrected chi connectivity index (χ0v) is 8.97. The Morgan fingerprint density at radius 3 is 3.07 bits per heavy atom. The van der Waals surface area contributed by atoms with E-state index in [0.717, 1.165) is 6.42 Å². The van der Waals surface area contributed by atoms with Crippen molar-refractivity contribution in [1.82, 2.24) is 5.32 Å². The highest BCUT2D eigenvalue weighted by Gasteiger charge is 2.39. The van der Waals surface area contributed by atoms with Crippen LogP contribution in [0.4, 0.5) is 0 Å². The van der Waals surface area contributed by atoms with Gasteiger partial charge >= 0.3 is 0 Å². The summed E-state index contributed by atoms with van der Waals surface area (Å²) >= 11 is 0. The first-order chi connectivity index (χ1) is 6.87. The standard InChI is InChI=1S/C13H21N/c1-2-7-12-13(10-6-11-14-12)8-4-3-5-9-13/h2-4,12,14H,1,5-11H2. The molecule has 0 saturated carbocycles. The number of allylic oxidation sites excluding steroid dienone is 2. The molecule has 0 radical (unpaired) electrons. The van der Waals surface area contributed by atoms with Crippen molar-refractivity contribution in [2.45, 2.75) is 44.6 Å². The lowest BCUT2D eigenvalue weighted by Gasteiger charge is -2.45. The Kier molecular flexibility index (Phi) is 3.07. The zero-order valence-electron chi connectivity index (χ0n) is 8.97. The number of piperidine rings is 1. The molecule has 1 heterocycles. The van der Waals surface area contributed by atoms with E-state index in [9.17, 15) is 0 Å². The van der Waals surface area contributed by atoms with Gasteiger partial charge in [0.15, 0.2) is 0 Å². The van der Waals surface area contributed by atoms with E-state index in [1.807, 2.05) is 0 Å². The van der Waals surface area contributed by atoms with Crippen LogP contribution in [0.3, 0.4) is 0 Å². The molecule has 2 rings (SSSR count). The summed E-state index contributed by atoms with van der Waals surface area (Å²) in [6.07, 6.45) is 14.6. The summed E-state index contributed by atoms with van der Waals surface area (Å²) in [5.74, 6) is 0. The van der Waals surface area contributed by atoms with E-state index in [1.54, 1.807) is 0 Å². The number of nitrogens with one attached hydrogen (secondary N) is 1. The molecule has 0 aromatic rings. The lowest BCUT2D eigenvalue weighted by Crippen LogP contribution is -2.49. The SMILES string of the molecule is C=CCC1NCCCC12CC=CCC2. The van der Waals surface area contributed by atoms with Crippen LogP contribution in [0.1, 0.15) is 38.5 Å². The molecule has 1 heteroatoms. The van der Waals surface area contributed by atoms with Gasteiger partial charge in [-0.05, 0) is 50.5 Å². The maximum Gasteiger partial charge on any atom is 0.0161 e. The van der Waals surface area contributed by atoms with Gasteiger partial charge in [-0.1, -0.05) is 18.2 Å². The Labute approximate surface area is 87.3 Å². The smallest absolute Gasteiger partial charge is 0.0161 e. The maximum absolute atomic E-state index is 3.87. The molecular weight excluding hydrogens is 170 g/mol. The Balaban J connectivity index is 2.11. The number of hydrogen-bond acceptors (Lipinski definition) is 1. The predicted molar refractivity (Wildman–Crippen MR) is 61.3 cm³/mol. The van der Waals surface area contributed by atoms with Gasteiger partial charge in [-0.2, -0.15) is 0 Å². The Morgan fingerprint density at radius 2 is 2.36 bits per heavy atom. The van der Waals surface area contributed by atoms with Gasteiger partial charge in [0.05, 0.1) is 0 Å². The van der Waals surface area contributed by atoms with Crippen molar-refractivity contribution in [3.63, 3.8) is 0 Å². The van der Waals surface area contributed by atoms with Crippen LogP contribution in [0, 0.1) is 5.41 Å². The van der Waals surface area contributed by atoms with Gasteiger partial charge < -0.3 is 5.32 Å². The average molecular weight is 191 g/mol. The number of hydrogen-bond donors (Lipinski definition) is 1. The third-order valence-electron chi connectivity index (χ3n) is 3.88. The topological polar surface area (TPSA) is 12.0 Å². The van der Waals surface area contributed by atoms with Crippen LogP contribution < -0.4 is 5.32 Å². The molecule has 1 saturated heterocycles. The Hall–Kier alpha value is -0.560. The first-order valence-electron chi connectivity index (χ1n) is 5.87. The normalized spacial score (nSPS) is 37.3. The molecule has 0 amide bonds. The van der Waals surface area contributed by atoms with Crippen molar-refractivity contribution < 1.29 is 0 Å². The van der Waals surface area contributed by atoms with Crippen LogP contribution in [0.25, 0.3) is 0 Å². The minimum Gasteiger partial charge on any atom is -0.313 e. The molecule has 1 spiro atoms. The molecule has 1 nitrogen and oxygen atoms in total. The van der Waals surface area contributed by atoms with Gasteiger partial charge in [0.2, 0.25) is 0 Å². The Morgan fingerprint density at radius 1 is 1.43 bits per heavy atom. The summed E-state index contributed by atoms with van der Waals surface area (Å²) < 4.78 is 0. The highest BCUT2D eigenvalue weighted by molar-refractivity contribution is 5.05. The highest BCUT2D eigenvalue weighted by Crippen LogP contribution is 2.43. The van der Waals surface area contributed by atoms with E-state index in [2.05, 4.69) is 30.1 Å². The summed E-state index contributed by atoms with van der Waals surface area (Å²) in [6, 6.07) is 0.679. The third kappa shape index (κ3) is 1.78. The van der Waals surface area contributed by atoms with Gasteiger partial charge in [-0.3, -0.25) is 0 Å². The molecule has 1 fully saturated rings. The van der Waals surface area contributed by atoms with Crippen molar-refractivity contribution in [1.29, 1.82) is 0 Å². The molecular formula is C13H21N. The van der Waals surface area contributed by atoms with E-state index < -0.39 is 0 Å². The van der Waals surface area contributed by atoms with Gasteiger partial charge in [0.25, 0.3) is 0 Å². The van der Waals surface area contributed by atoms with Crippen molar-refractivity contribution in [3.05, 3.63) is 24.8 Å². The predicted octanol–water partition coefficient (Wildman–Crippen LogP) is 3.04. The summed E-state index contributed by atoms with van der Waals surface area (Å²) in [5.41, 5.74) is 0.557. The summed E-state index contributed by atoms with van der Waals surface area (Å²) in [5, 5.41) is 3.68. The first kappa shape index (κ1) is 9.97. The van der Waals surface area contributed by atoms with Crippen molar-refractivity contribution >= 4 is 0 Å². The van der Waals surface area contributed by atoms with E-state index in [4.69, 9.17) is 0 Å². The van der Waals surface area contributed by atoms with Crippen LogP contribution in [0.5, 0.6) is 0 Å². The summed E-state index contributed by atoms with van der Waals surface area (Å²) in [4.78, 5) is 0. The molecule has 0 bridgehead atoms. The molecule has 0 aromatic carbocycles. The summed E-state index contributed by atoms with van der Waals surface area (Å²) in [6.45, 7) is 5.07. The molecule has 1 aliphatic heterocycles. The van der Waals surface area contributed by atoms with Gasteiger partial charge in [0, 0.05) is 6.04 Å². The largest absolute Gasteiger partial charge is 0.313 e. The van der Waals surface area contributed by atoms with Crippen molar-refractivity contribution in [2.24, 2.45) is 5.41 Å². The summed E-state index contributed by atoms with van der Waals surface area (Å²) in [7, 11) is 0. The fraction of sp³-hybridized carbons (Fsp3) is 0.692. The second-order valence-corrected chi connectivity index (χ2v) is 4.71. The maximum atomic E-state index is 3.87. The van der Waals surface area contributed by atoms with Gasteiger partial charge in [0.1, 0.15) is 0 Å². The monoisotopic (exact) mass is 191 g/mol. The Bertz CT molecular complexity index is 231. The van der Waals surface area contributed by atoms with Gasteiger partial charge in [-0.15, -0.1) is 6.58 Å². The average Bonchev–Trinajstić information content (AvgIpc) is 2.23. The van der Waals surface area contributed by atoms with Crippen LogP contribution in [0.15, 0.2) is 24.8 Å². The van der Waals surface area contributed by atoms with Crippen LogP contribution in [-0.4, -0.2) is 12.6 Å². The first-order valence-corrected chi connectivity index (χ1v) is 5.87. The van der Waals surface area contributed by atoms with Crippen LogP contribution in [-0.2, 0) is 0 Å². The zero-order chi connectivity index (χ0) is 9.86. The molecule has 2 unspecified atom stereocenters. The van der Waals surface area contributed by atoms with E-state index in [-0.39, 0.29) is 0 Å². The second-order valence-electron chi connectivity index (χ2n) is 4.71. The molecule has 2 aliphatic rings. The molecule has 1 N–H and O–H groups in total. The molecule has 14 heavy (non-hydrogen) atoms. The van der Waals surface area contributed by atoms with E-state index in [0.29, 0.717) is 11.5 Å². The molecule has 78 valence electrons. The highest BCUT2D eigenvalue weighted by atomic mass is 14.9.